The van der Waals surface area contributed by atoms with Gasteiger partial charge in [-0.25, -0.2) is 0 Å². The zero-order valence-corrected chi connectivity index (χ0v) is 10.7. The molecular weight excluding hydrogens is 206 g/mol. The van der Waals surface area contributed by atoms with Crippen LogP contribution in [0.4, 0.5) is 5.69 Å². The minimum Gasteiger partial charge on any atom is -0.325 e. The molecule has 0 saturated carbocycles. The van der Waals surface area contributed by atoms with Gasteiger partial charge in [0.1, 0.15) is 0 Å². The molecule has 0 heterocycles. The second-order valence-corrected chi connectivity index (χ2v) is 4.35. The lowest BCUT2D eigenvalue weighted by molar-refractivity contribution is -0.114. The lowest BCUT2D eigenvalue weighted by Gasteiger charge is -2.17. The molecule has 1 aromatic carbocycles. The molecule has 0 saturated heterocycles. The monoisotopic (exact) mass is 223 g/mol. The van der Waals surface area contributed by atoms with Crippen molar-refractivity contribution in [1.29, 1.82) is 0 Å². The van der Waals surface area contributed by atoms with Crippen molar-refractivity contribution in [2.24, 2.45) is 0 Å². The van der Waals surface area contributed by atoms with Gasteiger partial charge in [0, 0.05) is 11.8 Å². The SMILES string of the molecule is CC(=O)Nc1c(C)c(C)c(C)c(C)c1S. The molecule has 0 bridgehead atoms. The van der Waals surface area contributed by atoms with E-state index in [1.165, 1.54) is 18.1 Å². The van der Waals surface area contributed by atoms with Gasteiger partial charge in [-0.1, -0.05) is 0 Å². The van der Waals surface area contributed by atoms with E-state index in [0.717, 1.165) is 21.7 Å². The highest BCUT2D eigenvalue weighted by atomic mass is 32.1. The summed E-state index contributed by atoms with van der Waals surface area (Å²) in [4.78, 5) is 11.9. The van der Waals surface area contributed by atoms with Gasteiger partial charge in [0.15, 0.2) is 0 Å². The Hall–Kier alpha value is -0.960. The highest BCUT2D eigenvalue weighted by Crippen LogP contribution is 2.33. The van der Waals surface area contributed by atoms with E-state index in [4.69, 9.17) is 0 Å². The van der Waals surface area contributed by atoms with E-state index < -0.39 is 0 Å². The Morgan fingerprint density at radius 2 is 1.47 bits per heavy atom. The van der Waals surface area contributed by atoms with Crippen molar-refractivity contribution in [3.8, 4) is 0 Å². The van der Waals surface area contributed by atoms with Crippen LogP contribution >= 0.6 is 12.6 Å². The molecule has 15 heavy (non-hydrogen) atoms. The molecule has 0 aromatic heterocycles. The number of hydrogen-bond acceptors (Lipinski definition) is 2. The molecule has 0 aliphatic rings. The molecule has 0 unspecified atom stereocenters. The van der Waals surface area contributed by atoms with E-state index in [1.54, 1.807) is 0 Å². The average molecular weight is 223 g/mol. The predicted molar refractivity (Wildman–Crippen MR) is 66.9 cm³/mol. The van der Waals surface area contributed by atoms with Crippen LogP contribution in [0.5, 0.6) is 0 Å². The Labute approximate surface area is 96.5 Å². The molecule has 0 fully saturated rings. The van der Waals surface area contributed by atoms with Crippen LogP contribution in [0, 0.1) is 27.7 Å². The van der Waals surface area contributed by atoms with Crippen molar-refractivity contribution in [2.45, 2.75) is 39.5 Å². The van der Waals surface area contributed by atoms with Gasteiger partial charge < -0.3 is 5.32 Å². The molecule has 1 amide bonds. The van der Waals surface area contributed by atoms with Crippen molar-refractivity contribution < 1.29 is 4.79 Å². The first-order chi connectivity index (χ1) is 6.86. The predicted octanol–water partition coefficient (Wildman–Crippen LogP) is 3.17. The summed E-state index contributed by atoms with van der Waals surface area (Å²) in [5.74, 6) is -0.0592. The Morgan fingerprint density at radius 3 is 1.93 bits per heavy atom. The molecule has 0 atom stereocenters. The number of rotatable bonds is 1. The topological polar surface area (TPSA) is 29.1 Å². The third kappa shape index (κ3) is 2.17. The average Bonchev–Trinajstić information content (AvgIpc) is 2.18. The third-order valence-electron chi connectivity index (χ3n) is 2.96. The summed E-state index contributed by atoms with van der Waals surface area (Å²) in [5.41, 5.74) is 5.52. The van der Waals surface area contributed by atoms with Gasteiger partial charge >= 0.3 is 0 Å². The van der Waals surface area contributed by atoms with Crippen molar-refractivity contribution >= 4 is 24.2 Å². The Bertz CT molecular complexity index is 395. The standard InChI is InChI=1S/C12H17NOS/c1-6-7(2)9(4)12(15)11(8(6)3)13-10(5)14/h15H,1-5H3,(H,13,14). The van der Waals surface area contributed by atoms with E-state index in [0.29, 0.717) is 0 Å². The van der Waals surface area contributed by atoms with E-state index in [-0.39, 0.29) is 5.91 Å². The molecular formula is C12H17NOS. The summed E-state index contributed by atoms with van der Waals surface area (Å²) in [6, 6.07) is 0. The second-order valence-electron chi connectivity index (χ2n) is 3.90. The van der Waals surface area contributed by atoms with Gasteiger partial charge in [0.05, 0.1) is 5.69 Å². The van der Waals surface area contributed by atoms with Crippen LogP contribution in [0.1, 0.15) is 29.2 Å². The summed E-state index contributed by atoms with van der Waals surface area (Å²) in [5, 5.41) is 2.83. The Balaban J connectivity index is 3.45. The Kier molecular flexibility index (Phi) is 3.45. The molecule has 2 nitrogen and oxygen atoms in total. The first-order valence-corrected chi connectivity index (χ1v) is 5.37. The summed E-state index contributed by atoms with van der Waals surface area (Å²) in [6.07, 6.45) is 0. The van der Waals surface area contributed by atoms with Crippen LogP contribution in [-0.4, -0.2) is 5.91 Å². The zero-order chi connectivity index (χ0) is 11.7. The molecule has 0 spiro atoms. The van der Waals surface area contributed by atoms with E-state index in [9.17, 15) is 4.79 Å². The maximum absolute atomic E-state index is 11.1. The number of hydrogen-bond donors (Lipinski definition) is 2. The van der Waals surface area contributed by atoms with Crippen LogP contribution in [0.2, 0.25) is 0 Å². The molecule has 1 aromatic rings. The van der Waals surface area contributed by atoms with E-state index in [1.807, 2.05) is 13.8 Å². The van der Waals surface area contributed by atoms with Gasteiger partial charge in [-0.3, -0.25) is 4.79 Å². The number of thiol groups is 1. The fourth-order valence-electron chi connectivity index (χ4n) is 1.62. The van der Waals surface area contributed by atoms with Crippen molar-refractivity contribution in [3.63, 3.8) is 0 Å². The summed E-state index contributed by atoms with van der Waals surface area (Å²) >= 11 is 4.46. The first-order valence-electron chi connectivity index (χ1n) is 4.93. The van der Waals surface area contributed by atoms with Crippen LogP contribution < -0.4 is 5.32 Å². The highest BCUT2D eigenvalue weighted by molar-refractivity contribution is 7.80. The van der Waals surface area contributed by atoms with Gasteiger partial charge in [-0.15, -0.1) is 12.6 Å². The van der Waals surface area contributed by atoms with Crippen molar-refractivity contribution in [2.75, 3.05) is 5.32 Å². The maximum Gasteiger partial charge on any atom is 0.221 e. The largest absolute Gasteiger partial charge is 0.325 e. The number of nitrogens with one attached hydrogen (secondary N) is 1. The first kappa shape index (κ1) is 12.1. The molecule has 0 radical (unpaired) electrons. The fourth-order valence-corrected chi connectivity index (χ4v) is 2.01. The fraction of sp³-hybridized carbons (Fsp3) is 0.417. The summed E-state index contributed by atoms with van der Waals surface area (Å²) in [6.45, 7) is 9.69. The minimum absolute atomic E-state index is 0.0592. The third-order valence-corrected chi connectivity index (χ3v) is 3.51. The normalized spacial score (nSPS) is 10.3. The lowest BCUT2D eigenvalue weighted by Crippen LogP contribution is -2.10. The number of carbonyl (C=O) groups excluding carboxylic acids is 1. The lowest BCUT2D eigenvalue weighted by atomic mass is 9.97. The quantitative estimate of drug-likeness (QED) is 0.703. The van der Waals surface area contributed by atoms with Gasteiger partial charge in [-0.05, 0) is 49.9 Å². The van der Waals surface area contributed by atoms with Gasteiger partial charge in [0.25, 0.3) is 0 Å². The van der Waals surface area contributed by atoms with Crippen LogP contribution in [0.3, 0.4) is 0 Å². The van der Waals surface area contributed by atoms with Gasteiger partial charge in [-0.2, -0.15) is 0 Å². The smallest absolute Gasteiger partial charge is 0.221 e. The van der Waals surface area contributed by atoms with Crippen LogP contribution in [0.25, 0.3) is 0 Å². The number of carbonyl (C=O) groups is 1. The highest BCUT2D eigenvalue weighted by Gasteiger charge is 2.13. The zero-order valence-electron chi connectivity index (χ0n) is 9.86. The number of anilines is 1. The van der Waals surface area contributed by atoms with Gasteiger partial charge in [0.2, 0.25) is 5.91 Å². The second kappa shape index (κ2) is 4.27. The van der Waals surface area contributed by atoms with E-state index >= 15 is 0 Å². The Morgan fingerprint density at radius 1 is 1.00 bits per heavy atom. The van der Waals surface area contributed by atoms with Crippen molar-refractivity contribution in [3.05, 3.63) is 22.3 Å². The van der Waals surface area contributed by atoms with E-state index in [2.05, 4.69) is 31.8 Å². The molecule has 0 aliphatic heterocycles. The van der Waals surface area contributed by atoms with Crippen LogP contribution in [0.15, 0.2) is 4.90 Å². The molecule has 82 valence electrons. The molecule has 3 heteroatoms. The number of amides is 1. The molecule has 1 rings (SSSR count). The molecule has 0 aliphatic carbocycles. The number of benzene rings is 1. The molecule has 1 N–H and O–H groups in total. The minimum atomic E-state index is -0.0592. The summed E-state index contributed by atoms with van der Waals surface area (Å²) in [7, 11) is 0. The maximum atomic E-state index is 11.1. The van der Waals surface area contributed by atoms with Crippen molar-refractivity contribution in [1.82, 2.24) is 0 Å². The van der Waals surface area contributed by atoms with Crippen LogP contribution in [-0.2, 0) is 4.79 Å². The summed E-state index contributed by atoms with van der Waals surface area (Å²) < 4.78 is 0.